The molecule has 0 saturated carbocycles. The number of aromatic hydroxyl groups is 1. The normalized spacial score (nSPS) is 13.4. The van der Waals surface area contributed by atoms with Crippen LogP contribution in [0.15, 0.2) is 42.5 Å². The van der Waals surface area contributed by atoms with Crippen molar-refractivity contribution < 1.29 is 19.4 Å². The van der Waals surface area contributed by atoms with Crippen LogP contribution in [0, 0.1) is 5.82 Å². The van der Waals surface area contributed by atoms with Crippen molar-refractivity contribution in [1.82, 2.24) is 5.32 Å². The number of phenolic OH excluding ortho intramolecular Hbond substituents is 1. The number of benzene rings is 2. The van der Waals surface area contributed by atoms with E-state index < -0.39 is 23.9 Å². The van der Waals surface area contributed by atoms with Gasteiger partial charge in [0.1, 0.15) is 11.6 Å². The molecule has 0 spiro atoms. The average molecular weight is 338 g/mol. The summed E-state index contributed by atoms with van der Waals surface area (Å²) in [6.07, 6.45) is -1.16. The number of aliphatic hydroxyl groups is 1. The largest absolute Gasteiger partial charge is 0.508 e. The molecule has 2 rings (SSSR count). The lowest BCUT2D eigenvalue weighted by Crippen LogP contribution is -2.38. The van der Waals surface area contributed by atoms with E-state index in [2.05, 4.69) is 5.32 Å². The summed E-state index contributed by atoms with van der Waals surface area (Å²) in [6.45, 7) is 1.64. The highest BCUT2D eigenvalue weighted by Crippen LogP contribution is 2.21. The number of nitrogens with one attached hydrogen (secondary N) is 1. The molecule has 122 valence electrons. The maximum atomic E-state index is 13.7. The molecule has 6 heteroatoms. The van der Waals surface area contributed by atoms with E-state index in [1.807, 2.05) is 0 Å². The number of halogens is 2. The maximum Gasteiger partial charge on any atom is 0.224 e. The van der Waals surface area contributed by atoms with Gasteiger partial charge in [0.05, 0.1) is 18.6 Å². The van der Waals surface area contributed by atoms with E-state index in [4.69, 9.17) is 11.6 Å². The molecular formula is C17H17ClFNO3. The van der Waals surface area contributed by atoms with Gasteiger partial charge in [-0.1, -0.05) is 29.8 Å². The third kappa shape index (κ3) is 4.43. The highest BCUT2D eigenvalue weighted by Gasteiger charge is 2.20. The molecule has 4 nitrogen and oxygen atoms in total. The smallest absolute Gasteiger partial charge is 0.224 e. The van der Waals surface area contributed by atoms with Crippen LogP contribution >= 0.6 is 11.6 Å². The molecule has 0 saturated heterocycles. The number of hydrogen-bond acceptors (Lipinski definition) is 3. The average Bonchev–Trinajstić information content (AvgIpc) is 2.51. The van der Waals surface area contributed by atoms with Gasteiger partial charge in [0, 0.05) is 10.6 Å². The highest BCUT2D eigenvalue weighted by molar-refractivity contribution is 6.31. The van der Waals surface area contributed by atoms with E-state index >= 15 is 0 Å². The van der Waals surface area contributed by atoms with Gasteiger partial charge < -0.3 is 15.5 Å². The molecule has 2 aromatic carbocycles. The van der Waals surface area contributed by atoms with Crippen molar-refractivity contribution in [3.63, 3.8) is 0 Å². The first kappa shape index (κ1) is 17.2. The van der Waals surface area contributed by atoms with Crippen LogP contribution in [0.5, 0.6) is 5.75 Å². The fourth-order valence-electron chi connectivity index (χ4n) is 2.21. The van der Waals surface area contributed by atoms with Crippen molar-refractivity contribution in [2.45, 2.75) is 25.5 Å². The first-order valence-corrected chi connectivity index (χ1v) is 7.45. The second kappa shape index (κ2) is 7.44. The predicted molar refractivity (Wildman–Crippen MR) is 85.8 cm³/mol. The molecule has 2 atom stereocenters. The summed E-state index contributed by atoms with van der Waals surface area (Å²) >= 11 is 5.89. The van der Waals surface area contributed by atoms with Crippen LogP contribution in [0.2, 0.25) is 5.02 Å². The molecule has 0 bridgehead atoms. The number of phenols is 1. The second-order valence-corrected chi connectivity index (χ2v) is 5.68. The predicted octanol–water partition coefficient (Wildman–Crippen LogP) is 2.97. The van der Waals surface area contributed by atoms with Gasteiger partial charge in [-0.25, -0.2) is 4.39 Å². The van der Waals surface area contributed by atoms with Crippen molar-refractivity contribution in [3.8, 4) is 5.75 Å². The van der Waals surface area contributed by atoms with Crippen LogP contribution in [0.1, 0.15) is 24.2 Å². The Morgan fingerprint density at radius 2 is 1.91 bits per heavy atom. The Labute approximate surface area is 138 Å². The Kier molecular flexibility index (Phi) is 5.58. The topological polar surface area (TPSA) is 69.6 Å². The number of rotatable bonds is 5. The Hall–Kier alpha value is -2.11. The van der Waals surface area contributed by atoms with Crippen molar-refractivity contribution in [2.75, 3.05) is 0 Å². The Balaban J connectivity index is 2.00. The zero-order valence-corrected chi connectivity index (χ0v) is 13.2. The monoisotopic (exact) mass is 337 g/mol. The van der Waals surface area contributed by atoms with Crippen LogP contribution in [0.3, 0.4) is 0 Å². The summed E-state index contributed by atoms with van der Waals surface area (Å²) in [5, 5.41) is 22.3. The van der Waals surface area contributed by atoms with Gasteiger partial charge in [0.15, 0.2) is 0 Å². The molecular weight excluding hydrogens is 321 g/mol. The molecule has 23 heavy (non-hydrogen) atoms. The molecule has 0 fully saturated rings. The quantitative estimate of drug-likeness (QED) is 0.785. The number of amides is 1. The molecule has 3 N–H and O–H groups in total. The fraction of sp³-hybridized carbons (Fsp3) is 0.235. The second-order valence-electron chi connectivity index (χ2n) is 5.27. The van der Waals surface area contributed by atoms with Gasteiger partial charge in [-0.05, 0) is 36.8 Å². The van der Waals surface area contributed by atoms with Crippen molar-refractivity contribution in [2.24, 2.45) is 0 Å². The summed E-state index contributed by atoms with van der Waals surface area (Å²) in [6, 6.07) is 9.67. The van der Waals surface area contributed by atoms with Crippen molar-refractivity contribution >= 4 is 17.5 Å². The minimum absolute atomic E-state index is 0.0897. The van der Waals surface area contributed by atoms with E-state index in [0.717, 1.165) is 0 Å². The van der Waals surface area contributed by atoms with E-state index in [9.17, 15) is 19.4 Å². The SMILES string of the molecule is C[C@@H](NC(=O)Cc1c(F)cccc1Cl)[C@H](O)c1ccc(O)cc1. The van der Waals surface area contributed by atoms with E-state index in [1.54, 1.807) is 19.1 Å². The maximum absolute atomic E-state index is 13.7. The molecule has 2 aromatic rings. The summed E-state index contributed by atoms with van der Waals surface area (Å²) in [7, 11) is 0. The fourth-order valence-corrected chi connectivity index (χ4v) is 2.44. The first-order chi connectivity index (χ1) is 10.9. The standard InChI is InChI=1S/C17H17ClFNO3/c1-10(17(23)11-5-7-12(21)8-6-11)20-16(22)9-13-14(18)3-2-4-15(13)19/h2-8,10,17,21,23H,9H2,1H3,(H,20,22)/t10-,17+/m1/s1. The third-order valence-corrected chi connectivity index (χ3v) is 3.85. The Morgan fingerprint density at radius 1 is 1.26 bits per heavy atom. The molecule has 0 unspecified atom stereocenters. The van der Waals surface area contributed by atoms with Gasteiger partial charge in [-0.3, -0.25) is 4.79 Å². The molecule has 0 heterocycles. The molecule has 0 aliphatic heterocycles. The minimum atomic E-state index is -0.948. The molecule has 0 aliphatic carbocycles. The van der Waals surface area contributed by atoms with Gasteiger partial charge >= 0.3 is 0 Å². The Morgan fingerprint density at radius 3 is 2.52 bits per heavy atom. The van der Waals surface area contributed by atoms with Crippen LogP contribution in [-0.2, 0) is 11.2 Å². The lowest BCUT2D eigenvalue weighted by molar-refractivity contribution is -0.121. The number of carbonyl (C=O) groups is 1. The lowest BCUT2D eigenvalue weighted by atomic mass is 10.0. The van der Waals surface area contributed by atoms with E-state index in [-0.39, 0.29) is 22.8 Å². The molecule has 0 aliphatic rings. The van der Waals surface area contributed by atoms with E-state index in [1.165, 1.54) is 30.3 Å². The summed E-state index contributed by atoms with van der Waals surface area (Å²) in [4.78, 5) is 12.0. The summed E-state index contributed by atoms with van der Waals surface area (Å²) in [5.41, 5.74) is 0.678. The van der Waals surface area contributed by atoms with E-state index in [0.29, 0.717) is 5.56 Å². The zero-order valence-electron chi connectivity index (χ0n) is 12.5. The van der Waals surface area contributed by atoms with Gasteiger partial charge in [0.25, 0.3) is 0 Å². The lowest BCUT2D eigenvalue weighted by Gasteiger charge is -2.21. The van der Waals surface area contributed by atoms with Gasteiger partial charge in [-0.15, -0.1) is 0 Å². The number of carbonyl (C=O) groups excluding carboxylic acids is 1. The molecule has 0 aromatic heterocycles. The summed E-state index contributed by atoms with van der Waals surface area (Å²) < 4.78 is 13.7. The van der Waals surface area contributed by atoms with Crippen molar-refractivity contribution in [1.29, 1.82) is 0 Å². The summed E-state index contributed by atoms with van der Waals surface area (Å²) in [5.74, 6) is -0.895. The number of aliphatic hydroxyl groups excluding tert-OH is 1. The third-order valence-electron chi connectivity index (χ3n) is 3.50. The van der Waals surface area contributed by atoms with Crippen LogP contribution < -0.4 is 5.32 Å². The molecule has 0 radical (unpaired) electrons. The van der Waals surface area contributed by atoms with Gasteiger partial charge in [0.2, 0.25) is 5.91 Å². The minimum Gasteiger partial charge on any atom is -0.508 e. The first-order valence-electron chi connectivity index (χ1n) is 7.07. The zero-order chi connectivity index (χ0) is 17.0. The Bertz CT molecular complexity index is 670. The molecule has 1 amide bonds. The van der Waals surface area contributed by atoms with Crippen LogP contribution in [0.4, 0.5) is 4.39 Å². The van der Waals surface area contributed by atoms with Crippen LogP contribution in [0.25, 0.3) is 0 Å². The number of hydrogen-bond donors (Lipinski definition) is 3. The van der Waals surface area contributed by atoms with Crippen molar-refractivity contribution in [3.05, 3.63) is 64.4 Å². The highest BCUT2D eigenvalue weighted by atomic mass is 35.5. The van der Waals surface area contributed by atoms with Crippen LogP contribution in [-0.4, -0.2) is 22.2 Å². The van der Waals surface area contributed by atoms with Gasteiger partial charge in [-0.2, -0.15) is 0 Å².